The number of hydrogen-bond acceptors (Lipinski definition) is 7. The highest BCUT2D eigenvalue weighted by molar-refractivity contribution is 7.30. The van der Waals surface area contributed by atoms with Crippen LogP contribution in [-0.4, -0.2) is 57.5 Å². The second-order valence-corrected chi connectivity index (χ2v) is 11.3. The molecule has 0 atom stereocenters. The predicted octanol–water partition coefficient (Wildman–Crippen LogP) is 5.42. The third-order valence-electron chi connectivity index (χ3n) is 5.59. The van der Waals surface area contributed by atoms with Gasteiger partial charge in [0.05, 0.1) is 9.70 Å². The standard InChI is InChI=1S/C23H26FN5O2S2/c1-13-18-20(25-19(32-18)14-10-15-12-27(5)26-17(15)16(24)11-14)33-21(13)28-6-8-29(9-7-28)22(30)31-23(2,3)4/h10-12H,6-9H2,1-5H3. The number of amides is 1. The monoisotopic (exact) mass is 487 g/mol. The van der Waals surface area contributed by atoms with Gasteiger partial charge in [0.1, 0.15) is 21.0 Å². The van der Waals surface area contributed by atoms with Crippen molar-refractivity contribution in [2.45, 2.75) is 33.3 Å². The van der Waals surface area contributed by atoms with Crippen LogP contribution in [0.4, 0.5) is 14.2 Å². The number of benzene rings is 1. The van der Waals surface area contributed by atoms with Crippen molar-refractivity contribution in [3.8, 4) is 10.6 Å². The van der Waals surface area contributed by atoms with E-state index in [-0.39, 0.29) is 11.9 Å². The Bertz CT molecular complexity index is 1360. The minimum Gasteiger partial charge on any atom is -0.444 e. The zero-order valence-electron chi connectivity index (χ0n) is 19.3. The molecule has 5 rings (SSSR count). The number of piperazine rings is 1. The number of thiazole rings is 1. The van der Waals surface area contributed by atoms with Crippen molar-refractivity contribution in [2.24, 2.45) is 7.05 Å². The second kappa shape index (κ2) is 7.95. The molecule has 4 heterocycles. The third kappa shape index (κ3) is 4.17. The van der Waals surface area contributed by atoms with Crippen LogP contribution in [0.1, 0.15) is 26.3 Å². The summed E-state index contributed by atoms with van der Waals surface area (Å²) in [5.41, 5.74) is 1.85. The molecule has 0 bridgehead atoms. The molecule has 0 unspecified atom stereocenters. The number of thiophene rings is 1. The average Bonchev–Trinajstić information content (AvgIpc) is 3.40. The molecule has 1 aliphatic heterocycles. The van der Waals surface area contributed by atoms with Gasteiger partial charge < -0.3 is 14.5 Å². The number of ether oxygens (including phenoxy) is 1. The fraction of sp³-hybridized carbons (Fsp3) is 0.435. The van der Waals surface area contributed by atoms with Crippen molar-refractivity contribution in [1.82, 2.24) is 19.7 Å². The molecule has 4 aromatic rings. The van der Waals surface area contributed by atoms with Crippen LogP contribution in [0.25, 0.3) is 31.0 Å². The molecule has 1 saturated heterocycles. The van der Waals surface area contributed by atoms with Crippen LogP contribution in [0, 0.1) is 12.7 Å². The maximum absolute atomic E-state index is 14.6. The van der Waals surface area contributed by atoms with Gasteiger partial charge in [0.15, 0.2) is 5.82 Å². The van der Waals surface area contributed by atoms with E-state index in [1.165, 1.54) is 16.6 Å². The fourth-order valence-corrected chi connectivity index (χ4v) is 6.51. The summed E-state index contributed by atoms with van der Waals surface area (Å²) in [5, 5.41) is 6.95. The van der Waals surface area contributed by atoms with Crippen LogP contribution in [0.5, 0.6) is 0 Å². The molecule has 1 aliphatic rings. The Morgan fingerprint density at radius 3 is 2.55 bits per heavy atom. The predicted molar refractivity (Wildman–Crippen MR) is 132 cm³/mol. The summed E-state index contributed by atoms with van der Waals surface area (Å²) in [6, 6.07) is 3.46. The number of halogens is 1. The Morgan fingerprint density at radius 2 is 1.88 bits per heavy atom. The molecule has 1 fully saturated rings. The summed E-state index contributed by atoms with van der Waals surface area (Å²) in [4.78, 5) is 22.2. The van der Waals surface area contributed by atoms with Crippen molar-refractivity contribution >= 4 is 54.2 Å². The molecule has 1 amide bonds. The van der Waals surface area contributed by atoms with E-state index in [1.807, 2.05) is 33.0 Å². The Morgan fingerprint density at radius 1 is 1.15 bits per heavy atom. The third-order valence-corrected chi connectivity index (χ3v) is 8.19. The number of fused-ring (bicyclic) bond motifs is 2. The highest BCUT2D eigenvalue weighted by atomic mass is 32.1. The van der Waals surface area contributed by atoms with Crippen LogP contribution < -0.4 is 4.90 Å². The first-order chi connectivity index (χ1) is 15.6. The van der Waals surface area contributed by atoms with Gasteiger partial charge in [-0.3, -0.25) is 4.68 Å². The smallest absolute Gasteiger partial charge is 0.410 e. The summed E-state index contributed by atoms with van der Waals surface area (Å²) < 4.78 is 22.8. The largest absolute Gasteiger partial charge is 0.444 e. The van der Waals surface area contributed by atoms with Crippen LogP contribution in [0.15, 0.2) is 18.3 Å². The number of aromatic nitrogens is 3. The van der Waals surface area contributed by atoms with Crippen LogP contribution in [0.2, 0.25) is 0 Å². The van der Waals surface area contributed by atoms with E-state index in [1.54, 1.807) is 39.3 Å². The minimum atomic E-state index is -0.489. The Hall–Kier alpha value is -2.72. The van der Waals surface area contributed by atoms with Crippen molar-refractivity contribution in [1.29, 1.82) is 0 Å². The number of nitrogens with zero attached hydrogens (tertiary/aromatic N) is 5. The van der Waals surface area contributed by atoms with Gasteiger partial charge in [-0.05, 0) is 39.8 Å². The van der Waals surface area contributed by atoms with E-state index < -0.39 is 5.60 Å². The molecular formula is C23H26FN5O2S2. The topological polar surface area (TPSA) is 63.5 Å². The molecule has 0 saturated carbocycles. The molecular weight excluding hydrogens is 461 g/mol. The zero-order chi connectivity index (χ0) is 23.5. The first-order valence-electron chi connectivity index (χ1n) is 10.8. The number of aryl methyl sites for hydroxylation is 2. The van der Waals surface area contributed by atoms with Gasteiger partial charge in [-0.25, -0.2) is 14.2 Å². The van der Waals surface area contributed by atoms with Crippen molar-refractivity contribution < 1.29 is 13.9 Å². The van der Waals surface area contributed by atoms with Gasteiger partial charge in [0.2, 0.25) is 0 Å². The summed E-state index contributed by atoms with van der Waals surface area (Å²) in [5.74, 6) is -0.332. The Labute approximate surface area is 199 Å². The zero-order valence-corrected chi connectivity index (χ0v) is 20.9. The molecule has 0 N–H and O–H groups in total. The lowest BCUT2D eigenvalue weighted by Crippen LogP contribution is -2.50. The summed E-state index contributed by atoms with van der Waals surface area (Å²) in [7, 11) is 1.79. The Kier molecular flexibility index (Phi) is 5.32. The van der Waals surface area contributed by atoms with Gasteiger partial charge in [0.25, 0.3) is 0 Å². The quantitative estimate of drug-likeness (QED) is 0.378. The fourth-order valence-electron chi connectivity index (χ4n) is 4.06. The number of carbonyl (C=O) groups is 1. The van der Waals surface area contributed by atoms with Gasteiger partial charge in [0, 0.05) is 55.9 Å². The molecule has 174 valence electrons. The van der Waals surface area contributed by atoms with Gasteiger partial charge in [-0.1, -0.05) is 11.3 Å². The average molecular weight is 488 g/mol. The molecule has 3 aromatic heterocycles. The molecule has 7 nitrogen and oxygen atoms in total. The number of carbonyl (C=O) groups excluding carboxylic acids is 1. The highest BCUT2D eigenvalue weighted by Crippen LogP contribution is 2.43. The maximum Gasteiger partial charge on any atom is 0.410 e. The highest BCUT2D eigenvalue weighted by Gasteiger charge is 2.28. The second-order valence-electron chi connectivity index (χ2n) is 9.34. The normalized spacial score (nSPS) is 15.1. The maximum atomic E-state index is 14.6. The summed E-state index contributed by atoms with van der Waals surface area (Å²) in [6.45, 7) is 10.5. The van der Waals surface area contributed by atoms with Gasteiger partial charge >= 0.3 is 6.09 Å². The lowest BCUT2D eigenvalue weighted by atomic mass is 10.1. The number of anilines is 1. The lowest BCUT2D eigenvalue weighted by Gasteiger charge is -2.36. The van der Waals surface area contributed by atoms with Crippen molar-refractivity contribution in [2.75, 3.05) is 31.1 Å². The van der Waals surface area contributed by atoms with E-state index in [2.05, 4.69) is 16.9 Å². The molecule has 0 spiro atoms. The first kappa shape index (κ1) is 22.1. The SMILES string of the molecule is Cc1c(N2CCN(C(=O)OC(C)(C)C)CC2)sc2nc(-c3cc(F)c4nn(C)cc4c3)sc12. The minimum absolute atomic E-state index is 0.254. The van der Waals surface area contributed by atoms with Crippen LogP contribution >= 0.6 is 22.7 Å². The molecule has 0 radical (unpaired) electrons. The first-order valence-corrected chi connectivity index (χ1v) is 12.5. The molecule has 0 aliphatic carbocycles. The van der Waals surface area contributed by atoms with E-state index in [4.69, 9.17) is 9.72 Å². The van der Waals surface area contributed by atoms with Gasteiger partial charge in [-0.15, -0.1) is 11.3 Å². The molecule has 33 heavy (non-hydrogen) atoms. The van der Waals surface area contributed by atoms with Crippen LogP contribution in [-0.2, 0) is 11.8 Å². The van der Waals surface area contributed by atoms with Crippen molar-refractivity contribution in [3.63, 3.8) is 0 Å². The number of hydrogen-bond donors (Lipinski definition) is 0. The van der Waals surface area contributed by atoms with E-state index in [9.17, 15) is 9.18 Å². The molecule has 10 heteroatoms. The summed E-state index contributed by atoms with van der Waals surface area (Å²) >= 11 is 3.25. The number of rotatable bonds is 2. The van der Waals surface area contributed by atoms with E-state index in [0.29, 0.717) is 18.6 Å². The molecule has 1 aromatic carbocycles. The van der Waals surface area contributed by atoms with Crippen molar-refractivity contribution in [3.05, 3.63) is 29.7 Å². The lowest BCUT2D eigenvalue weighted by molar-refractivity contribution is 0.0241. The van der Waals surface area contributed by atoms with Gasteiger partial charge in [-0.2, -0.15) is 5.10 Å². The Balaban J connectivity index is 1.36. The van der Waals surface area contributed by atoms with E-state index >= 15 is 0 Å². The summed E-state index contributed by atoms with van der Waals surface area (Å²) in [6.07, 6.45) is 1.56. The van der Waals surface area contributed by atoms with E-state index in [0.717, 1.165) is 38.6 Å². The van der Waals surface area contributed by atoms with Crippen LogP contribution in [0.3, 0.4) is 0 Å².